The fraction of sp³-hybridized carbons (Fsp3) is 0.667. The molecule has 0 radical (unpaired) electrons. The van der Waals surface area contributed by atoms with Crippen LogP contribution in [0.2, 0.25) is 0 Å². The molecule has 0 fully saturated rings. The van der Waals surface area contributed by atoms with Crippen molar-refractivity contribution in [1.82, 2.24) is 15.0 Å². The van der Waals surface area contributed by atoms with E-state index in [-0.39, 0.29) is 0 Å². The lowest BCUT2D eigenvalue weighted by Gasteiger charge is -2.05. The molecule has 16 heavy (non-hydrogen) atoms. The molecule has 0 bridgehead atoms. The molecule has 0 saturated heterocycles. The third-order valence-corrected chi connectivity index (χ3v) is 2.86. The zero-order valence-corrected chi connectivity index (χ0v) is 11.0. The van der Waals surface area contributed by atoms with E-state index >= 15 is 0 Å². The van der Waals surface area contributed by atoms with Gasteiger partial charge in [-0.25, -0.2) is 0 Å². The molecule has 0 saturated carbocycles. The highest BCUT2D eigenvalue weighted by molar-refractivity contribution is 7.71. The Morgan fingerprint density at radius 1 is 1.56 bits per heavy atom. The summed E-state index contributed by atoms with van der Waals surface area (Å²) in [6.07, 6.45) is 3.57. The second-order valence-electron chi connectivity index (χ2n) is 3.95. The van der Waals surface area contributed by atoms with Crippen LogP contribution < -0.4 is 0 Å². The Morgan fingerprint density at radius 2 is 2.31 bits per heavy atom. The van der Waals surface area contributed by atoms with Crippen LogP contribution in [0.15, 0.2) is 0 Å². The smallest absolute Gasteiger partial charge is 0.143 e. The summed E-state index contributed by atoms with van der Waals surface area (Å²) in [7, 11) is 0. The van der Waals surface area contributed by atoms with Gasteiger partial charge in [0, 0.05) is 5.92 Å². The summed E-state index contributed by atoms with van der Waals surface area (Å²) < 4.78 is 0.751. The van der Waals surface area contributed by atoms with E-state index in [2.05, 4.69) is 35.9 Å². The minimum absolute atomic E-state index is 0.430. The standard InChI is InChI=1S/C12H19N3S/c1-4-6-8-10(3)11-12(16)14-15(13-11)9-7-5-2/h10H,4,6,8-9H2,1-3H3,(H,14,16). The van der Waals surface area contributed by atoms with E-state index in [9.17, 15) is 0 Å². The van der Waals surface area contributed by atoms with Crippen LogP contribution in [0.1, 0.15) is 51.6 Å². The molecule has 0 aliphatic carbocycles. The Hall–Kier alpha value is -1.08. The molecule has 0 aliphatic rings. The van der Waals surface area contributed by atoms with Gasteiger partial charge in [-0.3, -0.25) is 5.10 Å². The summed E-state index contributed by atoms with van der Waals surface area (Å²) in [5, 5.41) is 7.51. The molecule has 4 heteroatoms. The predicted octanol–water partition coefficient (Wildman–Crippen LogP) is 3.26. The number of aromatic nitrogens is 3. The lowest BCUT2D eigenvalue weighted by atomic mass is 10.0. The zero-order valence-electron chi connectivity index (χ0n) is 10.2. The van der Waals surface area contributed by atoms with Crippen molar-refractivity contribution in [1.29, 1.82) is 0 Å². The molecule has 0 amide bonds. The summed E-state index contributed by atoms with van der Waals surface area (Å²) >= 11 is 5.26. The summed E-state index contributed by atoms with van der Waals surface area (Å²) in [5.41, 5.74) is 1.00. The van der Waals surface area contributed by atoms with Gasteiger partial charge in [0.1, 0.15) is 16.9 Å². The van der Waals surface area contributed by atoms with Gasteiger partial charge in [-0.1, -0.05) is 44.8 Å². The van der Waals surface area contributed by atoms with Gasteiger partial charge >= 0.3 is 0 Å². The fourth-order valence-corrected chi connectivity index (χ4v) is 1.92. The second-order valence-corrected chi connectivity index (χ2v) is 4.36. The number of hydrogen-bond acceptors (Lipinski definition) is 2. The minimum atomic E-state index is 0.430. The van der Waals surface area contributed by atoms with E-state index in [1.165, 1.54) is 12.8 Å². The van der Waals surface area contributed by atoms with Gasteiger partial charge in [-0.2, -0.15) is 9.90 Å². The topological polar surface area (TPSA) is 33.6 Å². The molecule has 3 nitrogen and oxygen atoms in total. The average molecular weight is 237 g/mol. The maximum Gasteiger partial charge on any atom is 0.143 e. The first-order valence-electron chi connectivity index (χ1n) is 5.75. The van der Waals surface area contributed by atoms with E-state index in [1.54, 1.807) is 4.80 Å². The van der Waals surface area contributed by atoms with Crippen LogP contribution in [0.25, 0.3) is 0 Å². The Morgan fingerprint density at radius 3 is 2.94 bits per heavy atom. The van der Waals surface area contributed by atoms with Crippen molar-refractivity contribution in [2.45, 2.75) is 52.5 Å². The first kappa shape index (κ1) is 13.0. The van der Waals surface area contributed by atoms with Crippen molar-refractivity contribution in [2.24, 2.45) is 0 Å². The summed E-state index contributed by atoms with van der Waals surface area (Å²) in [4.78, 5) is 1.72. The third kappa shape index (κ3) is 3.49. The van der Waals surface area contributed by atoms with E-state index < -0.39 is 0 Å². The van der Waals surface area contributed by atoms with Crippen LogP contribution in [0.3, 0.4) is 0 Å². The molecule has 1 unspecified atom stereocenters. The minimum Gasteiger partial charge on any atom is -0.269 e. The maximum absolute atomic E-state index is 5.26. The van der Waals surface area contributed by atoms with Crippen molar-refractivity contribution in [2.75, 3.05) is 0 Å². The number of nitrogens with one attached hydrogen (secondary N) is 1. The predicted molar refractivity (Wildman–Crippen MR) is 68.8 cm³/mol. The molecule has 0 spiro atoms. The Balaban J connectivity index is 2.75. The number of nitrogens with zero attached hydrogens (tertiary/aromatic N) is 2. The van der Waals surface area contributed by atoms with Gasteiger partial charge in [0.05, 0.1) is 0 Å². The molecule has 0 aliphatic heterocycles. The van der Waals surface area contributed by atoms with Crippen LogP contribution in [0.4, 0.5) is 0 Å². The summed E-state index contributed by atoms with van der Waals surface area (Å²) in [6.45, 7) is 6.78. The molecule has 88 valence electrons. The first-order valence-corrected chi connectivity index (χ1v) is 6.16. The summed E-state index contributed by atoms with van der Waals surface area (Å²) in [6, 6.07) is 0. The molecule has 0 aromatic carbocycles. The van der Waals surface area contributed by atoms with Crippen LogP contribution in [0.5, 0.6) is 0 Å². The molecule has 1 heterocycles. The number of H-pyrrole nitrogens is 1. The van der Waals surface area contributed by atoms with Crippen molar-refractivity contribution >= 4 is 12.2 Å². The lowest BCUT2D eigenvalue weighted by molar-refractivity contribution is 0.571. The molecular weight excluding hydrogens is 218 g/mol. The second kappa shape index (κ2) is 6.49. The summed E-state index contributed by atoms with van der Waals surface area (Å²) in [5.74, 6) is 6.23. The van der Waals surface area contributed by atoms with Crippen molar-refractivity contribution in [3.05, 3.63) is 10.3 Å². The van der Waals surface area contributed by atoms with Gasteiger partial charge in [0.15, 0.2) is 0 Å². The van der Waals surface area contributed by atoms with Crippen LogP contribution in [-0.4, -0.2) is 15.0 Å². The normalized spacial score (nSPS) is 11.9. The lowest BCUT2D eigenvalue weighted by Crippen LogP contribution is -2.02. The van der Waals surface area contributed by atoms with Gasteiger partial charge in [0.2, 0.25) is 0 Å². The zero-order chi connectivity index (χ0) is 12.0. The molecule has 1 rings (SSSR count). The monoisotopic (exact) mass is 237 g/mol. The van der Waals surface area contributed by atoms with E-state index in [4.69, 9.17) is 12.2 Å². The molecule has 1 aromatic heterocycles. The molecule has 1 N–H and O–H groups in total. The Kier molecular flexibility index (Phi) is 5.27. The highest BCUT2D eigenvalue weighted by Crippen LogP contribution is 2.19. The largest absolute Gasteiger partial charge is 0.269 e. The van der Waals surface area contributed by atoms with Crippen molar-refractivity contribution in [3.8, 4) is 11.8 Å². The Bertz CT molecular complexity index is 433. The highest BCUT2D eigenvalue weighted by Gasteiger charge is 2.11. The SMILES string of the molecule is CC#CCn1nc(C(C)CCCC)c(=S)[nH]1. The third-order valence-electron chi connectivity index (χ3n) is 2.55. The van der Waals surface area contributed by atoms with E-state index in [1.807, 2.05) is 6.92 Å². The van der Waals surface area contributed by atoms with Gasteiger partial charge in [-0.05, 0) is 13.3 Å². The van der Waals surface area contributed by atoms with E-state index in [0.29, 0.717) is 12.5 Å². The van der Waals surface area contributed by atoms with Crippen molar-refractivity contribution in [3.63, 3.8) is 0 Å². The average Bonchev–Trinajstić information content (AvgIpc) is 2.64. The van der Waals surface area contributed by atoms with E-state index in [0.717, 1.165) is 16.8 Å². The van der Waals surface area contributed by atoms with Gasteiger partial charge in [0.25, 0.3) is 0 Å². The highest BCUT2D eigenvalue weighted by atomic mass is 32.1. The number of rotatable bonds is 5. The number of aromatic amines is 1. The number of unbranched alkanes of at least 4 members (excludes halogenated alkanes) is 1. The van der Waals surface area contributed by atoms with Gasteiger partial charge in [-0.15, -0.1) is 5.92 Å². The number of hydrogen-bond donors (Lipinski definition) is 1. The van der Waals surface area contributed by atoms with Crippen LogP contribution in [0, 0.1) is 16.5 Å². The van der Waals surface area contributed by atoms with Crippen LogP contribution >= 0.6 is 12.2 Å². The maximum atomic E-state index is 5.26. The quantitative estimate of drug-likeness (QED) is 0.630. The Labute approximate surface area is 102 Å². The fourth-order valence-electron chi connectivity index (χ4n) is 1.57. The molecule has 1 aromatic rings. The van der Waals surface area contributed by atoms with Gasteiger partial charge < -0.3 is 0 Å². The molecular formula is C12H19N3S. The van der Waals surface area contributed by atoms with Crippen molar-refractivity contribution < 1.29 is 0 Å². The van der Waals surface area contributed by atoms with Crippen LogP contribution in [-0.2, 0) is 6.54 Å². The molecule has 1 atom stereocenters. The first-order chi connectivity index (χ1) is 7.69.